The number of carbonyl (C=O) groups is 2. The van der Waals surface area contributed by atoms with E-state index in [0.29, 0.717) is 18.1 Å². The Bertz CT molecular complexity index is 768. The summed E-state index contributed by atoms with van der Waals surface area (Å²) in [6.07, 6.45) is 13.2. The van der Waals surface area contributed by atoms with Gasteiger partial charge in [-0.15, -0.1) is 0 Å². The maximum absolute atomic E-state index is 12.7. The molecule has 7 heteroatoms. The Morgan fingerprint density at radius 2 is 1.81 bits per heavy atom. The largest absolute Gasteiger partial charge is 0.377 e. The fourth-order valence-electron chi connectivity index (χ4n) is 4.64. The Morgan fingerprint density at radius 3 is 2.31 bits per heavy atom. The predicted octanol–water partition coefficient (Wildman–Crippen LogP) is 4.76. The zero-order valence-electron chi connectivity index (χ0n) is 23.7. The van der Waals surface area contributed by atoms with E-state index in [1.165, 1.54) is 25.7 Å². The number of pyridine rings is 1. The summed E-state index contributed by atoms with van der Waals surface area (Å²) in [5, 5.41) is 0. The van der Waals surface area contributed by atoms with Crippen molar-refractivity contribution in [3.8, 4) is 0 Å². The molecule has 2 unspecified atom stereocenters. The van der Waals surface area contributed by atoms with Crippen molar-refractivity contribution in [1.29, 1.82) is 0 Å². The number of methoxy groups -OCH3 is 1. The van der Waals surface area contributed by atoms with Crippen LogP contribution in [0.25, 0.3) is 0 Å². The molecule has 1 aromatic rings. The molecule has 0 saturated carbocycles. The summed E-state index contributed by atoms with van der Waals surface area (Å²) in [5.74, 6) is 0.863. The molecule has 1 spiro atoms. The highest BCUT2D eigenvalue weighted by atomic mass is 16.5. The molecular weight excluding hydrogens is 454 g/mol. The van der Waals surface area contributed by atoms with Crippen molar-refractivity contribution in [1.82, 2.24) is 14.8 Å². The molecule has 1 amide bonds. The van der Waals surface area contributed by atoms with Gasteiger partial charge in [-0.05, 0) is 77.2 Å². The zero-order valence-corrected chi connectivity index (χ0v) is 23.7. The van der Waals surface area contributed by atoms with Gasteiger partial charge >= 0.3 is 0 Å². The zero-order chi connectivity index (χ0) is 27.2. The highest BCUT2D eigenvalue weighted by molar-refractivity contribution is 5.85. The second-order valence-corrected chi connectivity index (χ2v) is 10.3. The van der Waals surface area contributed by atoms with Crippen LogP contribution in [0.2, 0.25) is 0 Å². The number of hydrogen-bond donors (Lipinski definition) is 0. The van der Waals surface area contributed by atoms with Crippen LogP contribution in [0.4, 0.5) is 0 Å². The van der Waals surface area contributed by atoms with E-state index in [2.05, 4.69) is 36.0 Å². The van der Waals surface area contributed by atoms with Gasteiger partial charge in [0, 0.05) is 38.0 Å². The van der Waals surface area contributed by atoms with Crippen LogP contribution in [0, 0.1) is 11.3 Å². The third-order valence-electron chi connectivity index (χ3n) is 7.09. The van der Waals surface area contributed by atoms with Gasteiger partial charge in [0.15, 0.2) is 0 Å². The number of ether oxygens (including phenoxy) is 2. The average molecular weight is 504 g/mol. The minimum absolute atomic E-state index is 0.103. The molecule has 204 valence electrons. The lowest BCUT2D eigenvalue weighted by atomic mass is 9.71. The number of allylic oxidation sites excluding steroid dienone is 1. The van der Waals surface area contributed by atoms with Crippen molar-refractivity contribution < 1.29 is 19.1 Å². The van der Waals surface area contributed by atoms with Gasteiger partial charge in [-0.1, -0.05) is 39.0 Å². The first-order valence-corrected chi connectivity index (χ1v) is 13.2. The first-order chi connectivity index (χ1) is 17.2. The molecule has 2 aliphatic heterocycles. The summed E-state index contributed by atoms with van der Waals surface area (Å²) in [6, 6.07) is 3.84. The monoisotopic (exact) mass is 503 g/mol. The summed E-state index contributed by atoms with van der Waals surface area (Å²) in [6.45, 7) is 16.4. The van der Waals surface area contributed by atoms with Gasteiger partial charge in [-0.2, -0.15) is 0 Å². The van der Waals surface area contributed by atoms with Crippen molar-refractivity contribution in [2.24, 2.45) is 11.3 Å². The van der Waals surface area contributed by atoms with E-state index in [-0.39, 0.29) is 5.91 Å². The number of amides is 1. The van der Waals surface area contributed by atoms with Gasteiger partial charge in [-0.25, -0.2) is 0 Å². The lowest BCUT2D eigenvalue weighted by molar-refractivity contribution is -0.170. The number of nitrogens with zero attached hydrogens (tertiary/aromatic N) is 3. The first-order valence-electron chi connectivity index (χ1n) is 13.2. The van der Waals surface area contributed by atoms with E-state index in [4.69, 9.17) is 14.3 Å². The Kier molecular flexibility index (Phi) is 14.1. The molecule has 7 nitrogen and oxygen atoms in total. The van der Waals surface area contributed by atoms with Gasteiger partial charge in [0.2, 0.25) is 0 Å². The number of likely N-dealkylation sites (tertiary alicyclic amines) is 2. The van der Waals surface area contributed by atoms with E-state index in [9.17, 15) is 4.79 Å². The van der Waals surface area contributed by atoms with Crippen molar-refractivity contribution in [2.45, 2.75) is 78.6 Å². The van der Waals surface area contributed by atoms with E-state index in [1.54, 1.807) is 19.5 Å². The van der Waals surface area contributed by atoms with Gasteiger partial charge < -0.3 is 24.1 Å². The quantitative estimate of drug-likeness (QED) is 0.540. The molecule has 2 atom stereocenters. The molecule has 3 aliphatic rings. The van der Waals surface area contributed by atoms with Crippen molar-refractivity contribution in [2.75, 3.05) is 40.3 Å². The molecule has 36 heavy (non-hydrogen) atoms. The summed E-state index contributed by atoms with van der Waals surface area (Å²) in [5.41, 5.74) is 0.564. The Balaban J connectivity index is 0.000000417. The second-order valence-electron chi connectivity index (χ2n) is 10.3. The lowest BCUT2D eigenvalue weighted by Crippen LogP contribution is -2.64. The number of carbonyl (C=O) groups excluding carboxylic acids is 2. The van der Waals surface area contributed by atoms with Crippen LogP contribution in [0.15, 0.2) is 36.7 Å². The van der Waals surface area contributed by atoms with E-state index >= 15 is 0 Å². The summed E-state index contributed by atoms with van der Waals surface area (Å²) in [4.78, 5) is 29.1. The normalized spacial score (nSPS) is 22.6. The first kappa shape index (κ1) is 31.9. The maximum atomic E-state index is 12.7. The number of hydrogen-bond acceptors (Lipinski definition) is 6. The van der Waals surface area contributed by atoms with Crippen LogP contribution in [0.3, 0.4) is 0 Å². The molecule has 2 fully saturated rings. The van der Waals surface area contributed by atoms with Gasteiger partial charge in [-0.3, -0.25) is 9.78 Å². The molecule has 0 N–H and O–H groups in total. The van der Waals surface area contributed by atoms with Gasteiger partial charge in [0.25, 0.3) is 5.91 Å². The molecule has 3 heterocycles. The summed E-state index contributed by atoms with van der Waals surface area (Å²) in [7, 11) is 3.94. The third kappa shape index (κ3) is 9.75. The highest BCUT2D eigenvalue weighted by Gasteiger charge is 2.49. The van der Waals surface area contributed by atoms with Gasteiger partial charge in [0.05, 0.1) is 12.7 Å². The Labute approximate surface area is 219 Å². The maximum Gasteiger partial charge on any atom is 0.254 e. The molecule has 1 aromatic heterocycles. The van der Waals surface area contributed by atoms with Crippen LogP contribution in [-0.4, -0.2) is 79.5 Å². The van der Waals surface area contributed by atoms with E-state index in [0.717, 1.165) is 37.7 Å². The van der Waals surface area contributed by atoms with Crippen LogP contribution in [0.1, 0.15) is 65.9 Å². The van der Waals surface area contributed by atoms with Crippen LogP contribution < -0.4 is 0 Å². The fraction of sp³-hybridized carbons (Fsp3) is 0.690. The minimum atomic E-state index is -0.789. The SMILES string of the molecule is C=O.CC.CN1CCC2(CC1)CN(C(=O)C(C)(C)OCc1cccnc1)C2.COC1C=CC(C)CC1. The summed E-state index contributed by atoms with van der Waals surface area (Å²) >= 11 is 0. The van der Waals surface area contributed by atoms with Crippen LogP contribution >= 0.6 is 0 Å². The van der Waals surface area contributed by atoms with E-state index in [1.807, 2.05) is 51.5 Å². The predicted molar refractivity (Wildman–Crippen MR) is 146 cm³/mol. The highest BCUT2D eigenvalue weighted by Crippen LogP contribution is 2.41. The third-order valence-corrected chi connectivity index (χ3v) is 7.09. The number of aromatic nitrogens is 1. The topological polar surface area (TPSA) is 72.0 Å². The van der Waals surface area contributed by atoms with Crippen molar-refractivity contribution >= 4 is 12.7 Å². The Morgan fingerprint density at radius 1 is 1.17 bits per heavy atom. The molecule has 0 bridgehead atoms. The minimum Gasteiger partial charge on any atom is -0.377 e. The van der Waals surface area contributed by atoms with Gasteiger partial charge in [0.1, 0.15) is 12.4 Å². The number of rotatable bonds is 5. The van der Waals surface area contributed by atoms with Crippen LogP contribution in [-0.2, 0) is 25.7 Å². The fourth-order valence-corrected chi connectivity index (χ4v) is 4.64. The summed E-state index contributed by atoms with van der Waals surface area (Å²) < 4.78 is 11.0. The standard InChI is InChI=1S/C18H27N3O2.C8H14O.C2H6.CH2O/c1-17(2,23-12-15-5-4-8-19-11-15)16(22)21-13-18(14-21)6-9-20(3)10-7-18;1-7-3-5-8(9-2)6-4-7;2*1-2/h4-5,8,11H,6-7,9-10,12-14H2,1-3H3;3,5,7-8H,4,6H2,1-2H3;1-2H3;1H2. The molecule has 4 rings (SSSR count). The Hall–Kier alpha value is -2.09. The smallest absolute Gasteiger partial charge is 0.254 e. The number of piperidine rings is 1. The molecule has 0 radical (unpaired) electrons. The van der Waals surface area contributed by atoms with Crippen LogP contribution in [0.5, 0.6) is 0 Å². The van der Waals surface area contributed by atoms with E-state index < -0.39 is 5.60 Å². The molecule has 2 saturated heterocycles. The molecule has 0 aromatic carbocycles. The molecular formula is C29H49N3O4. The second kappa shape index (κ2) is 15.9. The lowest BCUT2D eigenvalue weighted by Gasteiger charge is -2.54. The molecule has 1 aliphatic carbocycles. The average Bonchev–Trinajstić information content (AvgIpc) is 2.90. The van der Waals surface area contributed by atoms with Crippen molar-refractivity contribution in [3.05, 3.63) is 42.2 Å². The van der Waals surface area contributed by atoms with Crippen molar-refractivity contribution in [3.63, 3.8) is 0 Å².